The van der Waals surface area contributed by atoms with Crippen molar-refractivity contribution in [1.82, 2.24) is 10.2 Å². The van der Waals surface area contributed by atoms with Gasteiger partial charge in [0.1, 0.15) is 0 Å². The molecule has 3 atom stereocenters. The van der Waals surface area contributed by atoms with Crippen molar-refractivity contribution in [3.05, 3.63) is 108 Å². The Kier molecular flexibility index (Phi) is 7.76. The molecule has 0 saturated carbocycles. The zero-order valence-corrected chi connectivity index (χ0v) is 19.8. The predicted molar refractivity (Wildman–Crippen MR) is 133 cm³/mol. The number of amides is 2. The Labute approximate surface area is 201 Å². The van der Waals surface area contributed by atoms with E-state index < -0.39 is 6.10 Å². The van der Waals surface area contributed by atoms with Gasteiger partial charge in [0.25, 0.3) is 5.91 Å². The van der Waals surface area contributed by atoms with Crippen LogP contribution in [0.5, 0.6) is 0 Å². The Morgan fingerprint density at radius 1 is 0.824 bits per heavy atom. The van der Waals surface area contributed by atoms with Gasteiger partial charge in [-0.1, -0.05) is 91.0 Å². The first-order valence-corrected chi connectivity index (χ1v) is 11.8. The number of carbonyl (C=O) groups excluding carboxylic acids is 2. The molecule has 5 heteroatoms. The number of carbonyl (C=O) groups is 2. The summed E-state index contributed by atoms with van der Waals surface area (Å²) in [5.41, 5.74) is 3.16. The molecule has 4 rings (SSSR count). The average molecular weight is 457 g/mol. The number of likely N-dealkylation sites (tertiary alicyclic amines) is 1. The van der Waals surface area contributed by atoms with Gasteiger partial charge in [-0.2, -0.15) is 0 Å². The van der Waals surface area contributed by atoms with Crippen LogP contribution in [0.2, 0.25) is 0 Å². The zero-order chi connectivity index (χ0) is 23.9. The number of ether oxygens (including phenoxy) is 1. The number of rotatable bonds is 7. The molecule has 1 fully saturated rings. The van der Waals surface area contributed by atoms with Crippen LogP contribution in [0.25, 0.3) is 0 Å². The molecule has 5 nitrogen and oxygen atoms in total. The molecule has 3 aromatic carbocycles. The maximum atomic E-state index is 14.0. The lowest BCUT2D eigenvalue weighted by Crippen LogP contribution is -2.56. The van der Waals surface area contributed by atoms with Gasteiger partial charge in [-0.15, -0.1) is 0 Å². The minimum Gasteiger partial charge on any atom is -0.367 e. The van der Waals surface area contributed by atoms with E-state index in [-0.39, 0.29) is 29.8 Å². The second-order valence-electron chi connectivity index (χ2n) is 8.86. The largest absolute Gasteiger partial charge is 0.367 e. The topological polar surface area (TPSA) is 58.6 Å². The van der Waals surface area contributed by atoms with Gasteiger partial charge in [-0.3, -0.25) is 9.59 Å². The second kappa shape index (κ2) is 11.1. The minimum absolute atomic E-state index is 0.0120. The van der Waals surface area contributed by atoms with Crippen molar-refractivity contribution < 1.29 is 14.3 Å². The molecule has 0 aromatic heterocycles. The molecule has 0 unspecified atom stereocenters. The molecule has 0 bridgehead atoms. The molecular formula is C29H32N2O3. The predicted octanol–water partition coefficient (Wildman–Crippen LogP) is 4.70. The summed E-state index contributed by atoms with van der Waals surface area (Å²) in [6, 6.07) is 30.2. The number of piperidine rings is 1. The SMILES string of the molecule is CO[C@@H](C(=O)N1C[C@@H](NC(C)=O)CC[C@H]1C(c1ccccc1)c1ccccc1)c1ccccc1. The molecule has 1 heterocycles. The summed E-state index contributed by atoms with van der Waals surface area (Å²) in [7, 11) is 1.58. The van der Waals surface area contributed by atoms with Gasteiger partial charge in [0.05, 0.1) is 0 Å². The van der Waals surface area contributed by atoms with E-state index in [2.05, 4.69) is 29.6 Å². The highest BCUT2D eigenvalue weighted by Gasteiger charge is 2.40. The first kappa shape index (κ1) is 23.7. The summed E-state index contributed by atoms with van der Waals surface area (Å²) in [5, 5.41) is 3.03. The van der Waals surface area contributed by atoms with Crippen LogP contribution in [-0.2, 0) is 14.3 Å². The highest BCUT2D eigenvalue weighted by atomic mass is 16.5. The van der Waals surface area contributed by atoms with Crippen LogP contribution in [0.4, 0.5) is 0 Å². The van der Waals surface area contributed by atoms with Gasteiger partial charge in [0.2, 0.25) is 5.91 Å². The smallest absolute Gasteiger partial charge is 0.256 e. The molecular weight excluding hydrogens is 424 g/mol. The van der Waals surface area contributed by atoms with Gasteiger partial charge in [-0.05, 0) is 29.5 Å². The molecule has 176 valence electrons. The highest BCUT2D eigenvalue weighted by Crippen LogP contribution is 2.37. The molecule has 2 amide bonds. The summed E-state index contributed by atoms with van der Waals surface area (Å²) >= 11 is 0. The standard InChI is InChI=1S/C29H32N2O3/c1-21(32)30-25-18-19-26(27(22-12-6-3-7-13-22)23-14-8-4-9-15-23)31(20-25)29(33)28(34-2)24-16-10-5-11-17-24/h3-17,25-28H,18-20H2,1-2H3,(H,30,32)/t25-,26-,28+/m0/s1. The van der Waals surface area contributed by atoms with Crippen LogP contribution < -0.4 is 5.32 Å². The molecule has 34 heavy (non-hydrogen) atoms. The second-order valence-corrected chi connectivity index (χ2v) is 8.86. The first-order valence-electron chi connectivity index (χ1n) is 11.8. The van der Waals surface area contributed by atoms with Crippen LogP contribution in [0.3, 0.4) is 0 Å². The summed E-state index contributed by atoms with van der Waals surface area (Å²) < 4.78 is 5.73. The number of benzene rings is 3. The summed E-state index contributed by atoms with van der Waals surface area (Å²) in [6.45, 7) is 1.98. The Bertz CT molecular complexity index is 1030. The highest BCUT2D eigenvalue weighted by molar-refractivity contribution is 5.83. The molecule has 0 spiro atoms. The maximum absolute atomic E-state index is 14.0. The fourth-order valence-electron chi connectivity index (χ4n) is 5.11. The van der Waals surface area contributed by atoms with Crippen LogP contribution in [-0.4, -0.2) is 42.5 Å². The molecule has 1 aliphatic rings. The Morgan fingerprint density at radius 2 is 1.32 bits per heavy atom. The average Bonchev–Trinajstić information content (AvgIpc) is 2.87. The van der Waals surface area contributed by atoms with Crippen molar-refractivity contribution in [1.29, 1.82) is 0 Å². The van der Waals surface area contributed by atoms with Crippen LogP contribution in [0.1, 0.15) is 48.5 Å². The van der Waals surface area contributed by atoms with E-state index in [0.717, 1.165) is 18.4 Å². The third-order valence-electron chi connectivity index (χ3n) is 6.58. The van der Waals surface area contributed by atoms with E-state index in [9.17, 15) is 9.59 Å². The lowest BCUT2D eigenvalue weighted by atomic mass is 9.79. The fourth-order valence-corrected chi connectivity index (χ4v) is 5.11. The first-order chi connectivity index (χ1) is 16.6. The Hall–Kier alpha value is -3.44. The molecule has 0 radical (unpaired) electrons. The van der Waals surface area contributed by atoms with E-state index in [1.807, 2.05) is 71.6 Å². The van der Waals surface area contributed by atoms with Crippen LogP contribution >= 0.6 is 0 Å². The zero-order valence-electron chi connectivity index (χ0n) is 19.8. The van der Waals surface area contributed by atoms with E-state index in [1.54, 1.807) is 7.11 Å². The van der Waals surface area contributed by atoms with Crippen molar-refractivity contribution >= 4 is 11.8 Å². The van der Waals surface area contributed by atoms with Crippen molar-refractivity contribution in [3.63, 3.8) is 0 Å². The molecule has 1 saturated heterocycles. The lowest BCUT2D eigenvalue weighted by Gasteiger charge is -2.45. The van der Waals surface area contributed by atoms with Crippen molar-refractivity contribution in [2.75, 3.05) is 13.7 Å². The number of methoxy groups -OCH3 is 1. The Balaban J connectivity index is 1.74. The molecule has 0 aliphatic carbocycles. The number of hydrogen-bond donors (Lipinski definition) is 1. The van der Waals surface area contributed by atoms with E-state index in [0.29, 0.717) is 6.54 Å². The molecule has 3 aromatic rings. The summed E-state index contributed by atoms with van der Waals surface area (Å²) in [4.78, 5) is 27.8. The van der Waals surface area contributed by atoms with Crippen molar-refractivity contribution in [2.24, 2.45) is 0 Å². The Morgan fingerprint density at radius 3 is 1.79 bits per heavy atom. The third kappa shape index (κ3) is 5.37. The van der Waals surface area contributed by atoms with E-state index in [1.165, 1.54) is 18.1 Å². The van der Waals surface area contributed by atoms with Crippen molar-refractivity contribution in [2.45, 2.75) is 43.9 Å². The number of hydrogen-bond acceptors (Lipinski definition) is 3. The quantitative estimate of drug-likeness (QED) is 0.561. The van der Waals surface area contributed by atoms with Crippen LogP contribution in [0.15, 0.2) is 91.0 Å². The number of nitrogens with zero attached hydrogens (tertiary/aromatic N) is 1. The number of nitrogens with one attached hydrogen (secondary N) is 1. The van der Waals surface area contributed by atoms with Crippen LogP contribution in [0, 0.1) is 0 Å². The third-order valence-corrected chi connectivity index (χ3v) is 6.58. The molecule has 1 aliphatic heterocycles. The fraction of sp³-hybridized carbons (Fsp3) is 0.310. The van der Waals surface area contributed by atoms with E-state index in [4.69, 9.17) is 4.74 Å². The molecule has 1 N–H and O–H groups in total. The van der Waals surface area contributed by atoms with Gasteiger partial charge in [-0.25, -0.2) is 0 Å². The summed E-state index contributed by atoms with van der Waals surface area (Å²) in [5.74, 6) is -0.145. The normalized spacial score (nSPS) is 19.0. The summed E-state index contributed by atoms with van der Waals surface area (Å²) in [6.07, 6.45) is 0.885. The van der Waals surface area contributed by atoms with Gasteiger partial charge < -0.3 is 15.0 Å². The van der Waals surface area contributed by atoms with E-state index >= 15 is 0 Å². The monoisotopic (exact) mass is 456 g/mol. The minimum atomic E-state index is -0.702. The van der Waals surface area contributed by atoms with Gasteiger partial charge in [0, 0.05) is 38.6 Å². The van der Waals surface area contributed by atoms with Gasteiger partial charge in [0.15, 0.2) is 6.10 Å². The van der Waals surface area contributed by atoms with Crippen molar-refractivity contribution in [3.8, 4) is 0 Å². The lowest BCUT2D eigenvalue weighted by molar-refractivity contribution is -0.147. The van der Waals surface area contributed by atoms with Gasteiger partial charge >= 0.3 is 0 Å². The maximum Gasteiger partial charge on any atom is 0.256 e.